The van der Waals surface area contributed by atoms with Gasteiger partial charge in [0.25, 0.3) is 0 Å². The monoisotopic (exact) mass is 326 g/mol. The number of aryl methyl sites for hydroxylation is 1. The van der Waals surface area contributed by atoms with Gasteiger partial charge in [0.2, 0.25) is 10.0 Å². The van der Waals surface area contributed by atoms with Gasteiger partial charge in [0.15, 0.2) is 0 Å². The molecule has 2 rings (SSSR count). The van der Waals surface area contributed by atoms with Gasteiger partial charge in [-0.05, 0) is 42.7 Å². The Kier molecular flexibility index (Phi) is 4.08. The van der Waals surface area contributed by atoms with Crippen LogP contribution < -0.4 is 4.72 Å². The molecule has 0 aromatic carbocycles. The standard InChI is InChI=1S/C15H22N2O4S/c1-10-5-12(9-16-8-10)22(20,21)17-15(13(18)19)6-11(7-15)14(2,3)4/h5,8-9,11,17H,6-7H2,1-4H3,(H,18,19). The van der Waals surface area contributed by atoms with Crippen LogP contribution in [0.1, 0.15) is 39.2 Å². The maximum Gasteiger partial charge on any atom is 0.324 e. The summed E-state index contributed by atoms with van der Waals surface area (Å²) in [5, 5.41) is 9.49. The number of pyridine rings is 1. The largest absolute Gasteiger partial charge is 0.480 e. The first-order valence-electron chi connectivity index (χ1n) is 7.15. The van der Waals surface area contributed by atoms with Crippen LogP contribution in [0.25, 0.3) is 0 Å². The summed E-state index contributed by atoms with van der Waals surface area (Å²) >= 11 is 0. The summed E-state index contributed by atoms with van der Waals surface area (Å²) in [5.41, 5.74) is -0.760. The minimum Gasteiger partial charge on any atom is -0.480 e. The van der Waals surface area contributed by atoms with Crippen molar-refractivity contribution in [2.24, 2.45) is 11.3 Å². The van der Waals surface area contributed by atoms with Gasteiger partial charge in [-0.3, -0.25) is 9.78 Å². The number of aliphatic carboxylic acids is 1. The fourth-order valence-electron chi connectivity index (χ4n) is 2.69. The highest BCUT2D eigenvalue weighted by Crippen LogP contribution is 2.48. The molecule has 0 unspecified atom stereocenters. The lowest BCUT2D eigenvalue weighted by Crippen LogP contribution is -2.64. The van der Waals surface area contributed by atoms with Crippen LogP contribution in [-0.4, -0.2) is 30.0 Å². The minimum atomic E-state index is -3.91. The van der Waals surface area contributed by atoms with Gasteiger partial charge >= 0.3 is 5.97 Å². The number of nitrogens with zero attached hydrogens (tertiary/aromatic N) is 1. The molecule has 1 aliphatic rings. The number of rotatable bonds is 4. The highest BCUT2D eigenvalue weighted by atomic mass is 32.2. The van der Waals surface area contributed by atoms with Gasteiger partial charge < -0.3 is 5.11 Å². The smallest absolute Gasteiger partial charge is 0.324 e. The van der Waals surface area contributed by atoms with Gasteiger partial charge in [0, 0.05) is 12.4 Å². The molecule has 1 aliphatic carbocycles. The van der Waals surface area contributed by atoms with Crippen LogP contribution in [0.4, 0.5) is 0 Å². The number of sulfonamides is 1. The van der Waals surface area contributed by atoms with Gasteiger partial charge in [-0.1, -0.05) is 20.8 Å². The number of hydrogen-bond acceptors (Lipinski definition) is 4. The average Bonchev–Trinajstić information content (AvgIpc) is 2.31. The van der Waals surface area contributed by atoms with Crippen LogP contribution in [0, 0.1) is 18.3 Å². The first-order chi connectivity index (χ1) is 9.96. The van der Waals surface area contributed by atoms with E-state index in [1.165, 1.54) is 12.3 Å². The van der Waals surface area contributed by atoms with Crippen molar-refractivity contribution in [3.05, 3.63) is 24.0 Å². The van der Waals surface area contributed by atoms with Crippen molar-refractivity contribution < 1.29 is 18.3 Å². The van der Waals surface area contributed by atoms with E-state index >= 15 is 0 Å². The van der Waals surface area contributed by atoms with Crippen LogP contribution in [0.15, 0.2) is 23.4 Å². The quantitative estimate of drug-likeness (QED) is 0.881. The van der Waals surface area contributed by atoms with Crippen LogP contribution in [0.3, 0.4) is 0 Å². The van der Waals surface area contributed by atoms with Crippen LogP contribution in [0.2, 0.25) is 0 Å². The summed E-state index contributed by atoms with van der Waals surface area (Å²) in [4.78, 5) is 15.5. The zero-order chi connectivity index (χ0) is 16.8. The molecule has 1 heterocycles. The molecule has 2 N–H and O–H groups in total. The van der Waals surface area contributed by atoms with Crippen molar-refractivity contribution in [3.8, 4) is 0 Å². The van der Waals surface area contributed by atoms with Gasteiger partial charge in [-0.25, -0.2) is 8.42 Å². The molecule has 7 heteroatoms. The first kappa shape index (κ1) is 16.9. The average molecular weight is 326 g/mol. The number of carboxylic acid groups (broad SMARTS) is 1. The van der Waals surface area contributed by atoms with Gasteiger partial charge in [-0.2, -0.15) is 4.72 Å². The predicted octanol–water partition coefficient (Wildman–Crippen LogP) is 1.95. The molecule has 0 amide bonds. The Hall–Kier alpha value is -1.47. The molecule has 1 aromatic rings. The molecule has 22 heavy (non-hydrogen) atoms. The number of carbonyl (C=O) groups is 1. The summed E-state index contributed by atoms with van der Waals surface area (Å²) in [5.74, 6) is -0.959. The third-order valence-electron chi connectivity index (χ3n) is 4.31. The van der Waals surface area contributed by atoms with Crippen molar-refractivity contribution in [3.63, 3.8) is 0 Å². The zero-order valence-electron chi connectivity index (χ0n) is 13.3. The molecule has 0 atom stereocenters. The summed E-state index contributed by atoms with van der Waals surface area (Å²) in [6.07, 6.45) is 3.37. The third kappa shape index (κ3) is 3.15. The molecule has 0 radical (unpaired) electrons. The fraction of sp³-hybridized carbons (Fsp3) is 0.600. The molecule has 1 aromatic heterocycles. The SMILES string of the molecule is Cc1cncc(S(=O)(=O)NC2(C(=O)O)CC(C(C)(C)C)C2)c1. The molecular weight excluding hydrogens is 304 g/mol. The molecule has 122 valence electrons. The van der Waals surface area contributed by atoms with E-state index in [9.17, 15) is 18.3 Å². The van der Waals surface area contributed by atoms with E-state index in [0.29, 0.717) is 18.4 Å². The maximum atomic E-state index is 12.4. The van der Waals surface area contributed by atoms with Crippen molar-refractivity contribution in [2.75, 3.05) is 0 Å². The number of aromatic nitrogens is 1. The summed E-state index contributed by atoms with van der Waals surface area (Å²) < 4.78 is 27.3. The van der Waals surface area contributed by atoms with Crippen LogP contribution in [0.5, 0.6) is 0 Å². The molecule has 0 saturated heterocycles. The maximum absolute atomic E-state index is 12.4. The second kappa shape index (κ2) is 5.31. The second-order valence-electron chi connectivity index (χ2n) is 7.16. The Balaban J connectivity index is 2.25. The molecule has 0 bridgehead atoms. The molecule has 1 saturated carbocycles. The van der Waals surface area contributed by atoms with Crippen molar-refractivity contribution in [2.45, 2.75) is 51.0 Å². The zero-order valence-corrected chi connectivity index (χ0v) is 14.1. The van der Waals surface area contributed by atoms with Crippen molar-refractivity contribution >= 4 is 16.0 Å². The van der Waals surface area contributed by atoms with E-state index in [2.05, 4.69) is 9.71 Å². The van der Waals surface area contributed by atoms with Crippen molar-refractivity contribution in [1.82, 2.24) is 9.71 Å². The number of carboxylic acids is 1. The molecule has 0 aliphatic heterocycles. The Labute approximate surface area is 131 Å². The second-order valence-corrected chi connectivity index (χ2v) is 8.84. The van der Waals surface area contributed by atoms with Gasteiger partial charge in [0.1, 0.15) is 10.4 Å². The highest BCUT2D eigenvalue weighted by molar-refractivity contribution is 7.89. The van der Waals surface area contributed by atoms with Gasteiger partial charge in [-0.15, -0.1) is 0 Å². The Morgan fingerprint density at radius 1 is 1.36 bits per heavy atom. The van der Waals surface area contributed by atoms with E-state index in [0.717, 1.165) is 0 Å². The summed E-state index contributed by atoms with van der Waals surface area (Å²) in [7, 11) is -3.91. The van der Waals surface area contributed by atoms with Crippen molar-refractivity contribution in [1.29, 1.82) is 0 Å². The Morgan fingerprint density at radius 3 is 2.41 bits per heavy atom. The minimum absolute atomic E-state index is 0.00710. The first-order valence-corrected chi connectivity index (χ1v) is 8.64. The lowest BCUT2D eigenvalue weighted by Gasteiger charge is -2.50. The highest BCUT2D eigenvalue weighted by Gasteiger charge is 2.55. The van der Waals surface area contributed by atoms with E-state index in [1.54, 1.807) is 13.1 Å². The lowest BCUT2D eigenvalue weighted by molar-refractivity contribution is -0.152. The molecule has 1 fully saturated rings. The lowest BCUT2D eigenvalue weighted by atomic mass is 9.59. The van der Waals surface area contributed by atoms with Crippen LogP contribution in [-0.2, 0) is 14.8 Å². The number of hydrogen-bond donors (Lipinski definition) is 2. The predicted molar refractivity (Wildman–Crippen MR) is 81.8 cm³/mol. The summed E-state index contributed by atoms with van der Waals surface area (Å²) in [6, 6.07) is 1.48. The van der Waals surface area contributed by atoms with Crippen LogP contribution >= 0.6 is 0 Å². The molecular formula is C15H22N2O4S. The topological polar surface area (TPSA) is 96.4 Å². The van der Waals surface area contributed by atoms with E-state index in [4.69, 9.17) is 0 Å². The van der Waals surface area contributed by atoms with E-state index in [1.807, 2.05) is 20.8 Å². The third-order valence-corrected chi connectivity index (χ3v) is 5.82. The van der Waals surface area contributed by atoms with Gasteiger partial charge in [0.05, 0.1) is 0 Å². The normalized spacial score (nSPS) is 25.5. The fourth-order valence-corrected chi connectivity index (χ4v) is 4.11. The molecule has 0 spiro atoms. The number of nitrogens with one attached hydrogen (secondary N) is 1. The summed E-state index contributed by atoms with van der Waals surface area (Å²) in [6.45, 7) is 7.82. The Morgan fingerprint density at radius 2 is 1.95 bits per heavy atom. The van der Waals surface area contributed by atoms with E-state index in [-0.39, 0.29) is 16.2 Å². The molecule has 6 nitrogen and oxygen atoms in total. The van der Waals surface area contributed by atoms with E-state index < -0.39 is 21.5 Å². The Bertz CT molecular complexity index is 686.